The lowest BCUT2D eigenvalue weighted by molar-refractivity contribution is 0.564. The third-order valence-corrected chi connectivity index (χ3v) is 3.85. The summed E-state index contributed by atoms with van der Waals surface area (Å²) in [6.07, 6.45) is 1.18. The molecule has 78 valence electrons. The van der Waals surface area contributed by atoms with Gasteiger partial charge in [-0.3, -0.25) is 0 Å². The molecule has 0 aromatic heterocycles. The molecule has 1 aromatic carbocycles. The summed E-state index contributed by atoms with van der Waals surface area (Å²) in [5.41, 5.74) is 5.92. The molecule has 2 heteroatoms. The zero-order valence-electron chi connectivity index (χ0n) is 8.81. The molecule has 3 rings (SSSR count). The summed E-state index contributed by atoms with van der Waals surface area (Å²) in [5, 5.41) is 4.31. The Kier molecular flexibility index (Phi) is 2.11. The molecule has 0 spiro atoms. The molecular weight excluding hydrogens is 206 g/mol. The first kappa shape index (κ1) is 9.44. The summed E-state index contributed by atoms with van der Waals surface area (Å²) < 4.78 is 0. The molecule has 15 heavy (non-hydrogen) atoms. The van der Waals surface area contributed by atoms with Crippen molar-refractivity contribution in [3.8, 4) is 0 Å². The van der Waals surface area contributed by atoms with Crippen molar-refractivity contribution < 1.29 is 0 Å². The molecular formula is C13H14ClN. The van der Waals surface area contributed by atoms with Gasteiger partial charge in [0.05, 0.1) is 0 Å². The highest BCUT2D eigenvalue weighted by molar-refractivity contribution is 6.30. The molecule has 0 amide bonds. The predicted molar refractivity (Wildman–Crippen MR) is 64.3 cm³/mol. The number of hydrogen-bond donors (Lipinski definition) is 1. The van der Waals surface area contributed by atoms with Gasteiger partial charge < -0.3 is 5.32 Å². The molecule has 1 aliphatic heterocycles. The van der Waals surface area contributed by atoms with Gasteiger partial charge in [-0.15, -0.1) is 0 Å². The number of benzene rings is 1. The van der Waals surface area contributed by atoms with Crippen molar-refractivity contribution in [3.05, 3.63) is 39.9 Å². The number of rotatable bonds is 0. The monoisotopic (exact) mass is 219 g/mol. The topological polar surface area (TPSA) is 12.0 Å². The van der Waals surface area contributed by atoms with Gasteiger partial charge in [0.25, 0.3) is 0 Å². The fraction of sp³-hybridized carbons (Fsp3) is 0.385. The maximum atomic E-state index is 6.06. The Morgan fingerprint density at radius 3 is 3.13 bits per heavy atom. The molecule has 1 atom stereocenters. The highest BCUT2D eigenvalue weighted by Gasteiger charge is 2.30. The SMILES string of the molecule is CC1=C2CCNCC2c2cc(Cl)ccc21. The second-order valence-electron chi connectivity index (χ2n) is 4.39. The number of hydrogen-bond acceptors (Lipinski definition) is 1. The number of fused-ring (bicyclic) bond motifs is 3. The molecule has 1 nitrogen and oxygen atoms in total. The van der Waals surface area contributed by atoms with Crippen LogP contribution in [0.15, 0.2) is 23.8 Å². The van der Waals surface area contributed by atoms with Crippen LogP contribution in [0.5, 0.6) is 0 Å². The average molecular weight is 220 g/mol. The summed E-state index contributed by atoms with van der Waals surface area (Å²) in [4.78, 5) is 0. The Bertz CT molecular complexity index is 448. The van der Waals surface area contributed by atoms with Gasteiger partial charge in [0.1, 0.15) is 0 Å². The largest absolute Gasteiger partial charge is 0.315 e. The van der Waals surface area contributed by atoms with Crippen LogP contribution in [0.4, 0.5) is 0 Å². The van der Waals surface area contributed by atoms with E-state index in [1.807, 2.05) is 6.07 Å². The van der Waals surface area contributed by atoms with Crippen LogP contribution in [-0.4, -0.2) is 13.1 Å². The van der Waals surface area contributed by atoms with Crippen LogP contribution in [0.1, 0.15) is 30.4 Å². The normalized spacial score (nSPS) is 24.0. The number of nitrogens with one attached hydrogen (secondary N) is 1. The summed E-state index contributed by atoms with van der Waals surface area (Å²) in [6.45, 7) is 4.43. The molecule has 1 unspecified atom stereocenters. The van der Waals surface area contributed by atoms with Gasteiger partial charge in [0, 0.05) is 17.5 Å². The minimum Gasteiger partial charge on any atom is -0.315 e. The van der Waals surface area contributed by atoms with E-state index in [1.165, 1.54) is 23.1 Å². The highest BCUT2D eigenvalue weighted by Crippen LogP contribution is 2.44. The van der Waals surface area contributed by atoms with Gasteiger partial charge in [-0.05, 0) is 48.7 Å². The Morgan fingerprint density at radius 1 is 1.40 bits per heavy atom. The maximum absolute atomic E-state index is 6.06. The maximum Gasteiger partial charge on any atom is 0.0409 e. The van der Waals surface area contributed by atoms with Crippen LogP contribution in [0.3, 0.4) is 0 Å². The fourth-order valence-corrected chi connectivity index (χ4v) is 3.03. The quantitative estimate of drug-likeness (QED) is 0.707. The molecule has 2 aliphatic rings. The molecule has 1 aromatic rings. The molecule has 1 fully saturated rings. The minimum atomic E-state index is 0.576. The number of piperidine rings is 1. The van der Waals surface area contributed by atoms with Crippen LogP contribution in [-0.2, 0) is 0 Å². The van der Waals surface area contributed by atoms with Gasteiger partial charge in [-0.25, -0.2) is 0 Å². The van der Waals surface area contributed by atoms with Gasteiger partial charge in [0.15, 0.2) is 0 Å². The summed E-state index contributed by atoms with van der Waals surface area (Å²) in [7, 11) is 0. The van der Waals surface area contributed by atoms with Gasteiger partial charge in [-0.1, -0.05) is 23.2 Å². The standard InChI is InChI=1S/C13H14ClN/c1-8-10-3-2-9(14)6-12(10)13-7-15-5-4-11(8)13/h2-3,6,13,15H,4-5,7H2,1H3. The molecule has 1 aliphatic carbocycles. The van der Waals surface area contributed by atoms with Crippen LogP contribution in [0.25, 0.3) is 5.57 Å². The Balaban J connectivity index is 2.16. The van der Waals surface area contributed by atoms with Gasteiger partial charge in [-0.2, -0.15) is 0 Å². The summed E-state index contributed by atoms with van der Waals surface area (Å²) in [6, 6.07) is 6.29. The highest BCUT2D eigenvalue weighted by atomic mass is 35.5. The van der Waals surface area contributed by atoms with Crippen molar-refractivity contribution in [2.24, 2.45) is 0 Å². The Morgan fingerprint density at radius 2 is 2.27 bits per heavy atom. The Labute approximate surface area is 95.1 Å². The van der Waals surface area contributed by atoms with Crippen molar-refractivity contribution in [1.29, 1.82) is 0 Å². The van der Waals surface area contributed by atoms with Crippen LogP contribution in [0, 0.1) is 0 Å². The van der Waals surface area contributed by atoms with Crippen molar-refractivity contribution in [1.82, 2.24) is 5.32 Å². The van der Waals surface area contributed by atoms with Crippen molar-refractivity contribution >= 4 is 17.2 Å². The summed E-state index contributed by atoms with van der Waals surface area (Å²) in [5.74, 6) is 0.576. The third kappa shape index (κ3) is 1.34. The van der Waals surface area contributed by atoms with E-state index in [-0.39, 0.29) is 0 Å². The predicted octanol–water partition coefficient (Wildman–Crippen LogP) is 3.20. The average Bonchev–Trinajstić information content (AvgIpc) is 2.54. The first-order valence-electron chi connectivity index (χ1n) is 5.47. The zero-order chi connectivity index (χ0) is 10.4. The lowest BCUT2D eigenvalue weighted by Crippen LogP contribution is -2.29. The first-order chi connectivity index (χ1) is 7.27. The van der Waals surface area contributed by atoms with E-state index in [2.05, 4.69) is 24.4 Å². The molecule has 1 heterocycles. The summed E-state index contributed by atoms with van der Waals surface area (Å²) >= 11 is 6.06. The second kappa shape index (κ2) is 3.36. The second-order valence-corrected chi connectivity index (χ2v) is 4.82. The molecule has 0 radical (unpaired) electrons. The van der Waals surface area contributed by atoms with Gasteiger partial charge in [0.2, 0.25) is 0 Å². The number of halogens is 1. The number of allylic oxidation sites excluding steroid dienone is 1. The van der Waals surface area contributed by atoms with Crippen molar-refractivity contribution in [2.75, 3.05) is 13.1 Å². The smallest absolute Gasteiger partial charge is 0.0409 e. The minimum absolute atomic E-state index is 0.576. The Hall–Kier alpha value is -0.790. The lowest BCUT2D eigenvalue weighted by Gasteiger charge is -2.23. The molecule has 1 saturated heterocycles. The van der Waals surface area contributed by atoms with E-state index in [9.17, 15) is 0 Å². The molecule has 1 N–H and O–H groups in total. The first-order valence-corrected chi connectivity index (χ1v) is 5.85. The molecule has 0 saturated carbocycles. The van der Waals surface area contributed by atoms with Gasteiger partial charge >= 0.3 is 0 Å². The fourth-order valence-electron chi connectivity index (χ4n) is 2.85. The van der Waals surface area contributed by atoms with Crippen molar-refractivity contribution in [2.45, 2.75) is 19.3 Å². The van der Waals surface area contributed by atoms with Crippen LogP contribution < -0.4 is 5.32 Å². The van der Waals surface area contributed by atoms with Crippen molar-refractivity contribution in [3.63, 3.8) is 0 Å². The van der Waals surface area contributed by atoms with E-state index in [1.54, 1.807) is 5.57 Å². The van der Waals surface area contributed by atoms with E-state index in [0.717, 1.165) is 18.1 Å². The van der Waals surface area contributed by atoms with E-state index >= 15 is 0 Å². The molecule has 0 bridgehead atoms. The lowest BCUT2D eigenvalue weighted by atomic mass is 9.91. The zero-order valence-corrected chi connectivity index (χ0v) is 9.56. The van der Waals surface area contributed by atoms with Crippen LogP contribution >= 0.6 is 11.6 Å². The third-order valence-electron chi connectivity index (χ3n) is 3.61. The van der Waals surface area contributed by atoms with E-state index in [0.29, 0.717) is 5.92 Å². The van der Waals surface area contributed by atoms with E-state index in [4.69, 9.17) is 11.6 Å². The van der Waals surface area contributed by atoms with Crippen LogP contribution in [0.2, 0.25) is 5.02 Å². The van der Waals surface area contributed by atoms with E-state index < -0.39 is 0 Å².